The van der Waals surface area contributed by atoms with Crippen LogP contribution in [-0.2, 0) is 6.54 Å². The van der Waals surface area contributed by atoms with Gasteiger partial charge in [0.25, 0.3) is 0 Å². The third-order valence-corrected chi connectivity index (χ3v) is 4.62. The first kappa shape index (κ1) is 14.7. The summed E-state index contributed by atoms with van der Waals surface area (Å²) in [6.07, 6.45) is 4.69. The van der Waals surface area contributed by atoms with Crippen LogP contribution in [0.3, 0.4) is 0 Å². The molecule has 0 aliphatic carbocycles. The Kier molecular flexibility index (Phi) is 5.13. The van der Waals surface area contributed by atoms with Crippen LogP contribution < -0.4 is 10.6 Å². The van der Waals surface area contributed by atoms with Crippen molar-refractivity contribution in [2.24, 2.45) is 5.73 Å². The van der Waals surface area contributed by atoms with E-state index in [0.29, 0.717) is 12.6 Å². The zero-order chi connectivity index (χ0) is 13.8. The van der Waals surface area contributed by atoms with Crippen LogP contribution in [0.15, 0.2) is 23.1 Å². The molecule has 1 aliphatic heterocycles. The van der Waals surface area contributed by atoms with E-state index < -0.39 is 0 Å². The number of benzene rings is 1. The Hall–Kier alpha value is -0.710. The summed E-state index contributed by atoms with van der Waals surface area (Å²) in [7, 11) is 4.30. The molecule has 2 N–H and O–H groups in total. The van der Waals surface area contributed by atoms with Crippen molar-refractivity contribution < 1.29 is 0 Å². The van der Waals surface area contributed by atoms with Crippen molar-refractivity contribution in [1.82, 2.24) is 4.90 Å². The van der Waals surface area contributed by atoms with Gasteiger partial charge in [-0.3, -0.25) is 0 Å². The molecule has 106 valence electrons. The highest BCUT2D eigenvalue weighted by Gasteiger charge is 2.27. The zero-order valence-corrected chi connectivity index (χ0v) is 13.0. The molecule has 1 aliphatic rings. The van der Waals surface area contributed by atoms with E-state index in [2.05, 4.69) is 48.4 Å². The second-order valence-corrected chi connectivity index (χ2v) is 6.26. The SMILES string of the molecule is CSc1cccc(N2CCCC2CN(C)C)c1CN. The summed E-state index contributed by atoms with van der Waals surface area (Å²) < 4.78 is 0. The number of likely N-dealkylation sites (N-methyl/N-ethyl adjacent to an activating group) is 1. The van der Waals surface area contributed by atoms with Gasteiger partial charge in [0.15, 0.2) is 0 Å². The number of nitrogens with zero attached hydrogens (tertiary/aromatic N) is 2. The van der Waals surface area contributed by atoms with Crippen molar-refractivity contribution in [3.8, 4) is 0 Å². The summed E-state index contributed by atoms with van der Waals surface area (Å²) in [5.41, 5.74) is 8.64. The van der Waals surface area contributed by atoms with Crippen LogP contribution in [0.25, 0.3) is 0 Å². The van der Waals surface area contributed by atoms with Gasteiger partial charge in [0.1, 0.15) is 0 Å². The van der Waals surface area contributed by atoms with Crippen molar-refractivity contribution in [2.75, 3.05) is 38.3 Å². The van der Waals surface area contributed by atoms with Crippen molar-refractivity contribution in [2.45, 2.75) is 30.3 Å². The van der Waals surface area contributed by atoms with Gasteiger partial charge in [-0.15, -0.1) is 11.8 Å². The van der Waals surface area contributed by atoms with Crippen LogP contribution >= 0.6 is 11.8 Å². The summed E-state index contributed by atoms with van der Waals surface area (Å²) in [5, 5.41) is 0. The van der Waals surface area contributed by atoms with E-state index in [-0.39, 0.29) is 0 Å². The largest absolute Gasteiger partial charge is 0.367 e. The lowest BCUT2D eigenvalue weighted by Gasteiger charge is -2.31. The highest BCUT2D eigenvalue weighted by Crippen LogP contribution is 2.33. The van der Waals surface area contributed by atoms with Crippen molar-refractivity contribution >= 4 is 17.4 Å². The second kappa shape index (κ2) is 6.64. The highest BCUT2D eigenvalue weighted by molar-refractivity contribution is 7.98. The molecule has 0 amide bonds. The first-order valence-corrected chi connectivity index (χ1v) is 8.17. The average Bonchev–Trinajstić information content (AvgIpc) is 2.84. The average molecular weight is 279 g/mol. The quantitative estimate of drug-likeness (QED) is 0.839. The molecule has 1 heterocycles. The molecule has 1 aromatic carbocycles. The molecule has 0 saturated carbocycles. The molecule has 1 aromatic rings. The fourth-order valence-corrected chi connectivity index (χ4v) is 3.63. The van der Waals surface area contributed by atoms with Gasteiger partial charge in [-0.1, -0.05) is 6.07 Å². The fourth-order valence-electron chi connectivity index (χ4n) is 2.98. The van der Waals surface area contributed by atoms with Crippen LogP contribution in [0, 0.1) is 0 Å². The minimum Gasteiger partial charge on any atom is -0.367 e. The van der Waals surface area contributed by atoms with E-state index >= 15 is 0 Å². The van der Waals surface area contributed by atoms with Gasteiger partial charge in [0.2, 0.25) is 0 Å². The third kappa shape index (κ3) is 3.25. The van der Waals surface area contributed by atoms with Crippen molar-refractivity contribution in [3.63, 3.8) is 0 Å². The van der Waals surface area contributed by atoms with Gasteiger partial charge in [0, 0.05) is 41.8 Å². The molecule has 0 aromatic heterocycles. The highest BCUT2D eigenvalue weighted by atomic mass is 32.2. The van der Waals surface area contributed by atoms with Gasteiger partial charge >= 0.3 is 0 Å². The predicted molar refractivity (Wildman–Crippen MR) is 85.0 cm³/mol. The Morgan fingerprint density at radius 3 is 2.84 bits per heavy atom. The number of hydrogen-bond acceptors (Lipinski definition) is 4. The maximum atomic E-state index is 5.99. The first-order chi connectivity index (χ1) is 9.17. The van der Waals surface area contributed by atoms with E-state index in [1.165, 1.54) is 29.0 Å². The lowest BCUT2D eigenvalue weighted by atomic mass is 10.1. The normalized spacial score (nSPS) is 19.4. The number of thioether (sulfide) groups is 1. The van der Waals surface area contributed by atoms with Crippen LogP contribution in [-0.4, -0.2) is 44.4 Å². The molecule has 1 atom stereocenters. The molecule has 3 nitrogen and oxygen atoms in total. The van der Waals surface area contributed by atoms with Gasteiger partial charge in [-0.2, -0.15) is 0 Å². The van der Waals surface area contributed by atoms with E-state index in [1.807, 2.05) is 0 Å². The smallest absolute Gasteiger partial charge is 0.0426 e. The standard InChI is InChI=1S/C15H25N3S/c1-17(2)11-12-6-5-9-18(12)14-7-4-8-15(19-3)13(14)10-16/h4,7-8,12H,5-6,9-11,16H2,1-3H3. The fraction of sp³-hybridized carbons (Fsp3) is 0.600. The van der Waals surface area contributed by atoms with Gasteiger partial charge in [-0.05, 0) is 45.3 Å². The van der Waals surface area contributed by atoms with Gasteiger partial charge in [0.05, 0.1) is 0 Å². The predicted octanol–water partition coefficient (Wildman–Crippen LogP) is 2.40. The molecular weight excluding hydrogens is 254 g/mol. The minimum atomic E-state index is 0.623. The van der Waals surface area contributed by atoms with Crippen molar-refractivity contribution in [1.29, 1.82) is 0 Å². The molecule has 4 heteroatoms. The zero-order valence-electron chi connectivity index (χ0n) is 12.2. The molecule has 0 radical (unpaired) electrons. The maximum absolute atomic E-state index is 5.99. The van der Waals surface area contributed by atoms with Crippen molar-refractivity contribution in [3.05, 3.63) is 23.8 Å². The van der Waals surface area contributed by atoms with E-state index in [4.69, 9.17) is 5.73 Å². The summed E-state index contributed by atoms with van der Waals surface area (Å²) in [6, 6.07) is 7.19. The number of nitrogens with two attached hydrogens (primary N) is 1. The third-order valence-electron chi connectivity index (χ3n) is 3.79. The summed E-state index contributed by atoms with van der Waals surface area (Å²) in [4.78, 5) is 6.15. The lowest BCUT2D eigenvalue weighted by molar-refractivity contribution is 0.372. The minimum absolute atomic E-state index is 0.623. The summed E-state index contributed by atoms with van der Waals surface area (Å²) in [5.74, 6) is 0. The van der Waals surface area contributed by atoms with Crippen LogP contribution in [0.5, 0.6) is 0 Å². The van der Waals surface area contributed by atoms with Gasteiger partial charge in [-0.25, -0.2) is 0 Å². The molecule has 0 bridgehead atoms. The number of rotatable bonds is 5. The lowest BCUT2D eigenvalue weighted by Crippen LogP contribution is -2.38. The molecule has 2 rings (SSSR count). The Morgan fingerprint density at radius 1 is 1.42 bits per heavy atom. The maximum Gasteiger partial charge on any atom is 0.0426 e. The Bertz CT molecular complexity index is 420. The Balaban J connectivity index is 2.29. The molecule has 1 saturated heterocycles. The summed E-state index contributed by atoms with van der Waals surface area (Å²) in [6.45, 7) is 2.90. The Labute approximate surface area is 121 Å². The number of hydrogen-bond donors (Lipinski definition) is 1. The van der Waals surface area contributed by atoms with Crippen LogP contribution in [0.1, 0.15) is 18.4 Å². The molecule has 0 spiro atoms. The Morgan fingerprint density at radius 2 is 2.21 bits per heavy atom. The molecular formula is C15H25N3S. The second-order valence-electron chi connectivity index (χ2n) is 5.41. The molecule has 1 fully saturated rings. The summed E-state index contributed by atoms with van der Waals surface area (Å²) >= 11 is 1.79. The van der Waals surface area contributed by atoms with E-state index in [9.17, 15) is 0 Å². The van der Waals surface area contributed by atoms with Crippen LogP contribution in [0.2, 0.25) is 0 Å². The van der Waals surface area contributed by atoms with Crippen LogP contribution in [0.4, 0.5) is 5.69 Å². The van der Waals surface area contributed by atoms with E-state index in [0.717, 1.165) is 13.1 Å². The number of anilines is 1. The monoisotopic (exact) mass is 279 g/mol. The molecule has 1 unspecified atom stereocenters. The molecule has 19 heavy (non-hydrogen) atoms. The first-order valence-electron chi connectivity index (χ1n) is 6.94. The van der Waals surface area contributed by atoms with Gasteiger partial charge < -0.3 is 15.5 Å². The van der Waals surface area contributed by atoms with E-state index in [1.54, 1.807) is 11.8 Å². The topological polar surface area (TPSA) is 32.5 Å².